The fraction of sp³-hybridized carbons (Fsp3) is 0.706. The van der Waals surface area contributed by atoms with Gasteiger partial charge in [-0.3, -0.25) is 4.57 Å². The summed E-state index contributed by atoms with van der Waals surface area (Å²) in [5.74, 6) is 0.339. The van der Waals surface area contributed by atoms with Gasteiger partial charge in [0.2, 0.25) is 0 Å². The van der Waals surface area contributed by atoms with Crippen molar-refractivity contribution in [1.82, 2.24) is 19.5 Å². The molecule has 3 atom stereocenters. The van der Waals surface area contributed by atoms with Gasteiger partial charge in [-0.1, -0.05) is 20.8 Å². The molecular weight excluding hydrogens is 350 g/mol. The number of ether oxygens (including phenoxy) is 1. The maximum Gasteiger partial charge on any atom is 0.192 e. The molecule has 3 heterocycles. The summed E-state index contributed by atoms with van der Waals surface area (Å²) in [6.45, 7) is 12.8. The molecule has 26 heavy (non-hydrogen) atoms. The predicted octanol–water partition coefficient (Wildman–Crippen LogP) is 2.47. The number of aliphatic hydroxyl groups excluding tert-OH is 1. The molecule has 1 aliphatic rings. The maximum atomic E-state index is 10.0. The van der Waals surface area contributed by atoms with Crippen LogP contribution in [0.5, 0.6) is 0 Å². The highest BCUT2D eigenvalue weighted by Gasteiger charge is 2.51. The monoisotopic (exact) mass is 379 g/mol. The quantitative estimate of drug-likeness (QED) is 0.786. The number of nitrogens with two attached hydrogens (primary N) is 1. The van der Waals surface area contributed by atoms with Gasteiger partial charge in [0.1, 0.15) is 23.7 Å². The number of hydrogen-bond acceptors (Lipinski definition) is 7. The van der Waals surface area contributed by atoms with Gasteiger partial charge in [-0.2, -0.15) is 0 Å². The van der Waals surface area contributed by atoms with Crippen LogP contribution < -0.4 is 5.73 Å². The fourth-order valence-corrected chi connectivity index (χ4v) is 4.37. The molecule has 2 aromatic heterocycles. The molecule has 3 N–H and O–H groups in total. The molecule has 3 rings (SSSR count). The summed E-state index contributed by atoms with van der Waals surface area (Å²) in [6, 6.07) is 0. The minimum absolute atomic E-state index is 0.0742. The van der Waals surface area contributed by atoms with E-state index in [1.54, 1.807) is 6.33 Å². The average Bonchev–Trinajstić information content (AvgIpc) is 3.09. The van der Waals surface area contributed by atoms with Gasteiger partial charge in [0.25, 0.3) is 0 Å². The molecule has 9 heteroatoms. The predicted molar refractivity (Wildman–Crippen MR) is 102 cm³/mol. The summed E-state index contributed by atoms with van der Waals surface area (Å²) < 4.78 is 14.7. The van der Waals surface area contributed by atoms with Crippen LogP contribution in [-0.2, 0) is 9.16 Å². The lowest BCUT2D eigenvalue weighted by Crippen LogP contribution is -2.50. The van der Waals surface area contributed by atoms with Crippen molar-refractivity contribution in [2.75, 3.05) is 12.3 Å². The standard InChI is InChI=1S/C17H29N5O3Si/c1-16(2,3)26(5,6)25-11-7-12(24-17(11,4)8-23)22-10-21-13-14(18)19-9-20-15(13)22/h9-12,23H,7-8H2,1-6H3,(H2,18,19,20)/t11-,12+,17+/m0/s1. The third-order valence-corrected chi connectivity index (χ3v) is 10.2. The molecule has 0 saturated carbocycles. The van der Waals surface area contributed by atoms with Crippen LogP contribution in [0.2, 0.25) is 18.1 Å². The third kappa shape index (κ3) is 3.13. The summed E-state index contributed by atoms with van der Waals surface area (Å²) >= 11 is 0. The van der Waals surface area contributed by atoms with E-state index in [0.717, 1.165) is 0 Å². The molecule has 0 amide bonds. The Bertz CT molecular complexity index is 803. The molecule has 0 aromatic carbocycles. The molecule has 0 radical (unpaired) electrons. The van der Waals surface area contributed by atoms with Crippen molar-refractivity contribution in [1.29, 1.82) is 0 Å². The minimum atomic E-state index is -2.01. The minimum Gasteiger partial charge on any atom is -0.411 e. The highest BCUT2D eigenvalue weighted by molar-refractivity contribution is 6.74. The van der Waals surface area contributed by atoms with Crippen LogP contribution in [0.3, 0.4) is 0 Å². The molecule has 144 valence electrons. The average molecular weight is 380 g/mol. The Morgan fingerprint density at radius 3 is 2.69 bits per heavy atom. The first-order valence-corrected chi connectivity index (χ1v) is 11.8. The highest BCUT2D eigenvalue weighted by atomic mass is 28.4. The lowest BCUT2D eigenvalue weighted by atomic mass is 10.0. The van der Waals surface area contributed by atoms with Crippen LogP contribution >= 0.6 is 0 Å². The number of anilines is 1. The molecule has 8 nitrogen and oxygen atoms in total. The zero-order chi connectivity index (χ0) is 19.3. The number of nitrogen functional groups attached to an aromatic ring is 1. The van der Waals surface area contributed by atoms with Crippen molar-refractivity contribution in [2.24, 2.45) is 0 Å². The zero-order valence-electron chi connectivity index (χ0n) is 16.4. The Balaban J connectivity index is 1.91. The van der Waals surface area contributed by atoms with Crippen molar-refractivity contribution in [3.63, 3.8) is 0 Å². The van der Waals surface area contributed by atoms with E-state index in [2.05, 4.69) is 48.8 Å². The van der Waals surface area contributed by atoms with Crippen LogP contribution in [0.1, 0.15) is 40.3 Å². The van der Waals surface area contributed by atoms with Crippen LogP contribution in [0, 0.1) is 0 Å². The normalized spacial score (nSPS) is 27.3. The Morgan fingerprint density at radius 2 is 2.08 bits per heavy atom. The largest absolute Gasteiger partial charge is 0.411 e. The number of nitrogens with zero attached hydrogens (tertiary/aromatic N) is 4. The molecule has 0 aliphatic carbocycles. The second-order valence-electron chi connectivity index (χ2n) is 8.73. The maximum absolute atomic E-state index is 10.0. The first-order valence-electron chi connectivity index (χ1n) is 8.88. The van der Waals surface area contributed by atoms with Gasteiger partial charge < -0.3 is 20.0 Å². The Morgan fingerprint density at radius 1 is 1.38 bits per heavy atom. The number of fused-ring (bicyclic) bond motifs is 1. The summed E-state index contributed by atoms with van der Waals surface area (Å²) in [4.78, 5) is 12.6. The van der Waals surface area contributed by atoms with Gasteiger partial charge in [-0.25, -0.2) is 15.0 Å². The second kappa shape index (κ2) is 6.26. The molecule has 2 aromatic rings. The van der Waals surface area contributed by atoms with Crippen LogP contribution in [0.4, 0.5) is 5.82 Å². The lowest BCUT2D eigenvalue weighted by Gasteiger charge is -2.41. The zero-order valence-corrected chi connectivity index (χ0v) is 17.4. The number of hydrogen-bond donors (Lipinski definition) is 2. The molecule has 1 fully saturated rings. The van der Waals surface area contributed by atoms with Gasteiger partial charge in [0.05, 0.1) is 19.0 Å². The molecule has 1 saturated heterocycles. The van der Waals surface area contributed by atoms with E-state index < -0.39 is 13.9 Å². The topological polar surface area (TPSA) is 108 Å². The van der Waals surface area contributed by atoms with Crippen molar-refractivity contribution < 1.29 is 14.3 Å². The van der Waals surface area contributed by atoms with E-state index >= 15 is 0 Å². The van der Waals surface area contributed by atoms with E-state index in [4.69, 9.17) is 14.9 Å². The van der Waals surface area contributed by atoms with Crippen LogP contribution in [0.15, 0.2) is 12.7 Å². The summed E-state index contributed by atoms with van der Waals surface area (Å²) in [6.07, 6.45) is 3.14. The number of rotatable bonds is 4. The number of aliphatic hydroxyl groups is 1. The van der Waals surface area contributed by atoms with Crippen molar-refractivity contribution in [3.8, 4) is 0 Å². The van der Waals surface area contributed by atoms with Gasteiger partial charge >= 0.3 is 0 Å². The van der Waals surface area contributed by atoms with E-state index in [1.165, 1.54) is 6.33 Å². The van der Waals surface area contributed by atoms with Crippen molar-refractivity contribution in [2.45, 2.75) is 70.2 Å². The lowest BCUT2D eigenvalue weighted by molar-refractivity contribution is -0.112. The molecule has 0 spiro atoms. The fourth-order valence-electron chi connectivity index (χ4n) is 2.96. The van der Waals surface area contributed by atoms with Crippen LogP contribution in [-0.4, -0.2) is 51.3 Å². The third-order valence-electron chi connectivity index (χ3n) is 5.76. The van der Waals surface area contributed by atoms with Gasteiger partial charge in [-0.15, -0.1) is 0 Å². The Hall–Kier alpha value is -1.55. The highest BCUT2D eigenvalue weighted by Crippen LogP contribution is 2.44. The molecular formula is C17H29N5O3Si. The molecule has 0 unspecified atom stereocenters. The molecule has 1 aliphatic heterocycles. The second-order valence-corrected chi connectivity index (χ2v) is 13.5. The summed E-state index contributed by atoms with van der Waals surface area (Å²) in [7, 11) is -2.01. The number of aromatic nitrogens is 4. The Kier molecular flexibility index (Phi) is 4.63. The van der Waals surface area contributed by atoms with E-state index in [0.29, 0.717) is 23.4 Å². The van der Waals surface area contributed by atoms with Crippen LogP contribution in [0.25, 0.3) is 11.2 Å². The number of imidazole rings is 1. The summed E-state index contributed by atoms with van der Waals surface area (Å²) in [5, 5.41) is 10.1. The van der Waals surface area contributed by atoms with Gasteiger partial charge in [0.15, 0.2) is 19.8 Å². The SMILES string of the molecule is CC(C)(C)[Si](C)(C)O[C@H]1C[C@H](n2cnc3c(N)ncnc32)O[C@]1(C)CO. The van der Waals surface area contributed by atoms with Crippen molar-refractivity contribution >= 4 is 25.3 Å². The van der Waals surface area contributed by atoms with Crippen molar-refractivity contribution in [3.05, 3.63) is 12.7 Å². The molecule has 0 bridgehead atoms. The van der Waals surface area contributed by atoms with E-state index in [9.17, 15) is 5.11 Å². The van der Waals surface area contributed by atoms with Gasteiger partial charge in [-0.05, 0) is 25.1 Å². The van der Waals surface area contributed by atoms with E-state index in [-0.39, 0.29) is 24.0 Å². The van der Waals surface area contributed by atoms with E-state index in [1.807, 2.05) is 11.5 Å². The first-order chi connectivity index (χ1) is 12.0. The summed E-state index contributed by atoms with van der Waals surface area (Å²) in [5.41, 5.74) is 6.27. The first kappa shape index (κ1) is 19.2. The smallest absolute Gasteiger partial charge is 0.192 e. The van der Waals surface area contributed by atoms with Gasteiger partial charge in [0, 0.05) is 6.42 Å². The Labute approximate surface area is 154 Å².